The van der Waals surface area contributed by atoms with Gasteiger partial charge in [0.15, 0.2) is 0 Å². The second kappa shape index (κ2) is 4.77. The summed E-state index contributed by atoms with van der Waals surface area (Å²) >= 11 is 1.79. The van der Waals surface area contributed by atoms with Gasteiger partial charge in [-0.2, -0.15) is 0 Å². The smallest absolute Gasteiger partial charge is 0.0394 e. The Kier molecular flexibility index (Phi) is 3.94. The molecule has 0 saturated heterocycles. The van der Waals surface area contributed by atoms with Crippen molar-refractivity contribution in [1.82, 2.24) is 0 Å². The Labute approximate surface area is 85.0 Å². The lowest BCUT2D eigenvalue weighted by Gasteiger charge is -2.15. The summed E-state index contributed by atoms with van der Waals surface area (Å²) in [6.07, 6.45) is 2.33. The van der Waals surface area contributed by atoms with Crippen molar-refractivity contribution < 1.29 is 0 Å². The molecule has 0 aromatic carbocycles. The van der Waals surface area contributed by atoms with Crippen molar-refractivity contribution in [2.24, 2.45) is 11.7 Å². The molecule has 0 fully saturated rings. The fraction of sp³-hybridized carbons (Fsp3) is 0.636. The van der Waals surface area contributed by atoms with Gasteiger partial charge in [-0.1, -0.05) is 20.3 Å². The second-order valence-electron chi connectivity index (χ2n) is 3.82. The molecule has 2 heteroatoms. The molecular formula is C11H19NS. The topological polar surface area (TPSA) is 26.0 Å². The Hall–Kier alpha value is -0.340. The van der Waals surface area contributed by atoms with Crippen molar-refractivity contribution in [3.63, 3.8) is 0 Å². The van der Waals surface area contributed by atoms with E-state index in [1.807, 2.05) is 0 Å². The molecule has 2 N–H and O–H groups in total. The number of hydrogen-bond acceptors (Lipinski definition) is 2. The lowest BCUT2D eigenvalue weighted by molar-refractivity contribution is 0.464. The SMILES string of the molecule is CCC(C)CC(N)c1sccc1C. The van der Waals surface area contributed by atoms with Crippen LogP contribution in [0, 0.1) is 12.8 Å². The van der Waals surface area contributed by atoms with E-state index in [0.717, 1.165) is 12.3 Å². The van der Waals surface area contributed by atoms with E-state index in [1.165, 1.54) is 16.9 Å². The normalized spacial score (nSPS) is 15.7. The molecule has 0 amide bonds. The highest BCUT2D eigenvalue weighted by molar-refractivity contribution is 7.10. The molecule has 13 heavy (non-hydrogen) atoms. The summed E-state index contributed by atoms with van der Waals surface area (Å²) in [4.78, 5) is 1.36. The Morgan fingerprint density at radius 1 is 1.54 bits per heavy atom. The van der Waals surface area contributed by atoms with E-state index in [9.17, 15) is 0 Å². The van der Waals surface area contributed by atoms with Crippen molar-refractivity contribution in [2.45, 2.75) is 39.7 Å². The largest absolute Gasteiger partial charge is 0.323 e. The number of thiophene rings is 1. The molecule has 1 rings (SSSR count). The van der Waals surface area contributed by atoms with Gasteiger partial charge in [0.1, 0.15) is 0 Å². The molecule has 0 saturated carbocycles. The minimum atomic E-state index is 0.245. The van der Waals surface area contributed by atoms with Crippen molar-refractivity contribution in [1.29, 1.82) is 0 Å². The predicted octanol–water partition coefficient (Wildman–Crippen LogP) is 3.49. The maximum Gasteiger partial charge on any atom is 0.0394 e. The van der Waals surface area contributed by atoms with Gasteiger partial charge in [-0.05, 0) is 36.3 Å². The summed E-state index contributed by atoms with van der Waals surface area (Å²) < 4.78 is 0. The molecule has 0 radical (unpaired) electrons. The van der Waals surface area contributed by atoms with Crippen molar-refractivity contribution in [3.8, 4) is 0 Å². The average molecular weight is 197 g/mol. The molecule has 0 bridgehead atoms. The van der Waals surface area contributed by atoms with Crippen molar-refractivity contribution in [2.75, 3.05) is 0 Å². The van der Waals surface area contributed by atoms with Crippen LogP contribution in [-0.2, 0) is 0 Å². The highest BCUT2D eigenvalue weighted by Crippen LogP contribution is 2.27. The van der Waals surface area contributed by atoms with Crippen LogP contribution >= 0.6 is 11.3 Å². The predicted molar refractivity (Wildman–Crippen MR) is 60.1 cm³/mol. The van der Waals surface area contributed by atoms with Gasteiger partial charge in [0.2, 0.25) is 0 Å². The fourth-order valence-corrected chi connectivity index (χ4v) is 2.42. The van der Waals surface area contributed by atoms with Crippen LogP contribution < -0.4 is 5.73 Å². The molecule has 74 valence electrons. The van der Waals surface area contributed by atoms with Gasteiger partial charge in [0, 0.05) is 10.9 Å². The molecule has 2 unspecified atom stereocenters. The zero-order valence-electron chi connectivity index (χ0n) is 8.71. The first-order valence-corrected chi connectivity index (χ1v) is 5.82. The van der Waals surface area contributed by atoms with E-state index in [4.69, 9.17) is 5.73 Å². The van der Waals surface area contributed by atoms with Gasteiger partial charge < -0.3 is 5.73 Å². The highest BCUT2D eigenvalue weighted by atomic mass is 32.1. The molecule has 1 aromatic heterocycles. The van der Waals surface area contributed by atoms with Gasteiger partial charge in [-0.15, -0.1) is 11.3 Å². The summed E-state index contributed by atoms with van der Waals surface area (Å²) in [6, 6.07) is 2.39. The molecular weight excluding hydrogens is 178 g/mol. The fourth-order valence-electron chi connectivity index (χ4n) is 1.47. The third-order valence-electron chi connectivity index (χ3n) is 2.59. The monoisotopic (exact) mass is 197 g/mol. The maximum absolute atomic E-state index is 6.13. The molecule has 0 aliphatic heterocycles. The number of nitrogens with two attached hydrogens (primary N) is 1. The van der Waals surface area contributed by atoms with Crippen LogP contribution in [0.2, 0.25) is 0 Å². The van der Waals surface area contributed by atoms with Crippen LogP contribution in [0.3, 0.4) is 0 Å². The summed E-state index contributed by atoms with van der Waals surface area (Å²) in [5.74, 6) is 0.733. The average Bonchev–Trinajstić information content (AvgIpc) is 2.51. The first kappa shape index (κ1) is 10.7. The van der Waals surface area contributed by atoms with E-state index in [0.29, 0.717) is 0 Å². The lowest BCUT2D eigenvalue weighted by atomic mass is 9.98. The quantitative estimate of drug-likeness (QED) is 0.785. The molecule has 2 atom stereocenters. The van der Waals surface area contributed by atoms with Gasteiger partial charge in [-0.25, -0.2) is 0 Å². The van der Waals surface area contributed by atoms with E-state index in [1.54, 1.807) is 11.3 Å². The summed E-state index contributed by atoms with van der Waals surface area (Å²) in [6.45, 7) is 6.63. The molecule has 1 heterocycles. The summed E-state index contributed by atoms with van der Waals surface area (Å²) in [5, 5.41) is 2.13. The zero-order chi connectivity index (χ0) is 9.84. The maximum atomic E-state index is 6.13. The van der Waals surface area contributed by atoms with Gasteiger partial charge >= 0.3 is 0 Å². The highest BCUT2D eigenvalue weighted by Gasteiger charge is 2.12. The lowest BCUT2D eigenvalue weighted by Crippen LogP contribution is -2.13. The summed E-state index contributed by atoms with van der Waals surface area (Å²) in [7, 11) is 0. The van der Waals surface area contributed by atoms with E-state index in [2.05, 4.69) is 32.2 Å². The Balaban J connectivity index is 2.58. The van der Waals surface area contributed by atoms with Crippen molar-refractivity contribution >= 4 is 11.3 Å². The van der Waals surface area contributed by atoms with Gasteiger partial charge in [0.25, 0.3) is 0 Å². The van der Waals surface area contributed by atoms with Crippen LogP contribution in [0.1, 0.15) is 43.2 Å². The molecule has 0 spiro atoms. The standard InChI is InChI=1S/C11H19NS/c1-4-8(2)7-10(12)11-9(3)5-6-13-11/h5-6,8,10H,4,7,12H2,1-3H3. The van der Waals surface area contributed by atoms with E-state index < -0.39 is 0 Å². The molecule has 0 aliphatic carbocycles. The van der Waals surface area contributed by atoms with Crippen LogP contribution in [0.5, 0.6) is 0 Å². The Morgan fingerprint density at radius 3 is 2.69 bits per heavy atom. The first-order valence-electron chi connectivity index (χ1n) is 4.94. The third kappa shape index (κ3) is 2.82. The number of hydrogen-bond donors (Lipinski definition) is 1. The van der Waals surface area contributed by atoms with Crippen LogP contribution in [0.4, 0.5) is 0 Å². The minimum absolute atomic E-state index is 0.245. The van der Waals surface area contributed by atoms with Crippen molar-refractivity contribution in [3.05, 3.63) is 21.9 Å². The minimum Gasteiger partial charge on any atom is -0.323 e. The summed E-state index contributed by atoms with van der Waals surface area (Å²) in [5.41, 5.74) is 7.48. The van der Waals surface area contributed by atoms with Gasteiger partial charge in [-0.3, -0.25) is 0 Å². The molecule has 0 aliphatic rings. The van der Waals surface area contributed by atoms with E-state index in [-0.39, 0.29) is 6.04 Å². The van der Waals surface area contributed by atoms with Gasteiger partial charge in [0.05, 0.1) is 0 Å². The van der Waals surface area contributed by atoms with Crippen LogP contribution in [0.15, 0.2) is 11.4 Å². The number of rotatable bonds is 4. The first-order chi connectivity index (χ1) is 6.15. The second-order valence-corrected chi connectivity index (χ2v) is 4.77. The Morgan fingerprint density at radius 2 is 2.23 bits per heavy atom. The number of aryl methyl sites for hydroxylation is 1. The van der Waals surface area contributed by atoms with Crippen LogP contribution in [-0.4, -0.2) is 0 Å². The van der Waals surface area contributed by atoms with E-state index >= 15 is 0 Å². The molecule has 1 nitrogen and oxygen atoms in total. The third-order valence-corrected chi connectivity index (χ3v) is 3.74. The zero-order valence-corrected chi connectivity index (χ0v) is 9.53. The Bertz CT molecular complexity index is 254. The van der Waals surface area contributed by atoms with Crippen LogP contribution in [0.25, 0.3) is 0 Å². The molecule has 1 aromatic rings.